The number of hydrogen-bond acceptors (Lipinski definition) is 5. The van der Waals surface area contributed by atoms with Crippen LogP contribution in [0.5, 0.6) is 0 Å². The van der Waals surface area contributed by atoms with Gasteiger partial charge >= 0.3 is 5.97 Å². The molecule has 2 aliphatic rings. The highest BCUT2D eigenvalue weighted by atomic mass is 16.5. The number of carbonyl (C=O) groups excluding carboxylic acids is 4. The van der Waals surface area contributed by atoms with E-state index in [2.05, 4.69) is 5.32 Å². The Hall–Kier alpha value is -3.48. The molecule has 31 heavy (non-hydrogen) atoms. The van der Waals surface area contributed by atoms with Crippen LogP contribution >= 0.6 is 0 Å². The lowest BCUT2D eigenvalue weighted by atomic mass is 9.99. The molecule has 2 aliphatic heterocycles. The number of fused-ring (bicyclic) bond motifs is 1. The molecule has 3 atom stereocenters. The first-order valence-electron chi connectivity index (χ1n) is 10.3. The van der Waals surface area contributed by atoms with E-state index in [1.807, 2.05) is 37.3 Å². The summed E-state index contributed by atoms with van der Waals surface area (Å²) in [6.45, 7) is 3.58. The number of anilines is 1. The summed E-state index contributed by atoms with van der Waals surface area (Å²) in [5.74, 6) is -2.02. The smallest absolute Gasteiger partial charge is 0.311 e. The number of esters is 1. The van der Waals surface area contributed by atoms with Gasteiger partial charge in [-0.2, -0.15) is 0 Å². The van der Waals surface area contributed by atoms with Crippen molar-refractivity contribution in [3.05, 3.63) is 65.2 Å². The van der Waals surface area contributed by atoms with Gasteiger partial charge < -0.3 is 15.0 Å². The molecule has 2 aromatic rings. The van der Waals surface area contributed by atoms with Gasteiger partial charge in [0.15, 0.2) is 12.4 Å². The number of likely N-dealkylation sites (tertiary alicyclic amines) is 1. The van der Waals surface area contributed by atoms with Gasteiger partial charge in [0.1, 0.15) is 0 Å². The van der Waals surface area contributed by atoms with Crippen molar-refractivity contribution in [2.24, 2.45) is 5.92 Å². The molecule has 0 saturated carbocycles. The molecule has 1 saturated heterocycles. The minimum Gasteiger partial charge on any atom is -0.457 e. The van der Waals surface area contributed by atoms with Gasteiger partial charge in [-0.05, 0) is 43.2 Å². The quantitative estimate of drug-likeness (QED) is 0.573. The monoisotopic (exact) mass is 420 g/mol. The van der Waals surface area contributed by atoms with Crippen molar-refractivity contribution >= 4 is 29.3 Å². The van der Waals surface area contributed by atoms with Gasteiger partial charge in [0.2, 0.25) is 11.8 Å². The summed E-state index contributed by atoms with van der Waals surface area (Å²) in [6.07, 6.45) is 0.0777. The predicted molar refractivity (Wildman–Crippen MR) is 113 cm³/mol. The number of hydrogen-bond donors (Lipinski definition) is 1. The zero-order valence-corrected chi connectivity index (χ0v) is 17.5. The van der Waals surface area contributed by atoms with E-state index in [1.165, 1.54) is 0 Å². The number of nitrogens with zero attached hydrogens (tertiary/aromatic N) is 1. The number of amides is 2. The van der Waals surface area contributed by atoms with E-state index < -0.39 is 18.5 Å². The summed E-state index contributed by atoms with van der Waals surface area (Å²) in [5.41, 5.74) is 2.84. The van der Waals surface area contributed by atoms with Gasteiger partial charge in [-0.25, -0.2) is 0 Å². The maximum atomic E-state index is 12.5. The van der Waals surface area contributed by atoms with Gasteiger partial charge in [-0.3, -0.25) is 19.2 Å². The zero-order valence-electron chi connectivity index (χ0n) is 17.5. The van der Waals surface area contributed by atoms with Crippen molar-refractivity contribution in [3.8, 4) is 0 Å². The molecule has 1 fully saturated rings. The standard InChI is InChI=1S/C24H24N2O5/c1-14-19-10-17(8-9-20(19)25-23(14)29)21(27)13-31-24(30)18-11-22(28)26(12-18)15(2)16-6-4-3-5-7-16/h3-10,14-15,18H,11-13H2,1-2H3,(H,25,29)/t14-,15+,18+/m1/s1. The molecule has 0 spiro atoms. The van der Waals surface area contributed by atoms with E-state index in [1.54, 1.807) is 30.0 Å². The zero-order chi connectivity index (χ0) is 22.1. The van der Waals surface area contributed by atoms with Crippen LogP contribution in [0.15, 0.2) is 48.5 Å². The van der Waals surface area contributed by atoms with Crippen molar-refractivity contribution in [2.75, 3.05) is 18.5 Å². The van der Waals surface area contributed by atoms with E-state index >= 15 is 0 Å². The number of ketones is 1. The molecular weight excluding hydrogens is 396 g/mol. The summed E-state index contributed by atoms with van der Waals surface area (Å²) in [5, 5.41) is 2.76. The Labute approximate surface area is 180 Å². The fourth-order valence-corrected chi connectivity index (χ4v) is 4.10. The number of benzene rings is 2. The Bertz CT molecular complexity index is 1050. The fourth-order valence-electron chi connectivity index (χ4n) is 4.10. The van der Waals surface area contributed by atoms with Gasteiger partial charge in [-0.1, -0.05) is 30.3 Å². The van der Waals surface area contributed by atoms with Gasteiger partial charge in [0.05, 0.1) is 17.9 Å². The van der Waals surface area contributed by atoms with Crippen molar-refractivity contribution < 1.29 is 23.9 Å². The molecule has 160 valence electrons. The van der Waals surface area contributed by atoms with Crippen LogP contribution in [0.1, 0.15) is 53.7 Å². The van der Waals surface area contributed by atoms with E-state index in [4.69, 9.17) is 4.74 Å². The first-order chi connectivity index (χ1) is 14.8. The summed E-state index contributed by atoms with van der Waals surface area (Å²) >= 11 is 0. The Morgan fingerprint density at radius 3 is 2.65 bits per heavy atom. The Morgan fingerprint density at radius 2 is 1.90 bits per heavy atom. The van der Waals surface area contributed by atoms with E-state index in [0.717, 1.165) is 11.1 Å². The van der Waals surface area contributed by atoms with Crippen LogP contribution in [0, 0.1) is 5.92 Å². The second-order valence-electron chi connectivity index (χ2n) is 8.08. The average molecular weight is 420 g/mol. The molecule has 2 aromatic carbocycles. The number of ether oxygens (including phenoxy) is 1. The topological polar surface area (TPSA) is 92.8 Å². The highest BCUT2D eigenvalue weighted by Gasteiger charge is 2.38. The third-order valence-electron chi connectivity index (χ3n) is 6.08. The van der Waals surface area contributed by atoms with E-state index in [-0.39, 0.29) is 42.5 Å². The largest absolute Gasteiger partial charge is 0.457 e. The third-order valence-corrected chi connectivity index (χ3v) is 6.08. The molecule has 2 amide bonds. The SMILES string of the molecule is C[C@H]1C(=O)Nc2ccc(C(=O)COC(=O)[C@H]3CC(=O)N([C@@H](C)c4ccccc4)C3)cc21. The van der Waals surface area contributed by atoms with Crippen molar-refractivity contribution in [1.82, 2.24) is 4.90 Å². The number of rotatable bonds is 6. The molecule has 1 N–H and O–H groups in total. The first kappa shape index (κ1) is 20.8. The Kier molecular flexibility index (Phi) is 5.59. The van der Waals surface area contributed by atoms with Crippen molar-refractivity contribution in [3.63, 3.8) is 0 Å². The second kappa shape index (κ2) is 8.34. The lowest BCUT2D eigenvalue weighted by molar-refractivity contribution is -0.147. The molecule has 0 aromatic heterocycles. The van der Waals surface area contributed by atoms with Crippen molar-refractivity contribution in [2.45, 2.75) is 32.2 Å². The highest BCUT2D eigenvalue weighted by Crippen LogP contribution is 2.33. The molecule has 7 nitrogen and oxygen atoms in total. The second-order valence-corrected chi connectivity index (χ2v) is 8.08. The molecule has 4 rings (SSSR count). The van der Waals surface area contributed by atoms with Crippen LogP contribution in [-0.2, 0) is 19.1 Å². The normalized spacial score (nSPS) is 20.9. The maximum Gasteiger partial charge on any atom is 0.311 e. The molecule has 0 aliphatic carbocycles. The predicted octanol–water partition coefficient (Wildman–Crippen LogP) is 3.08. The Balaban J connectivity index is 1.35. The fraction of sp³-hybridized carbons (Fsp3) is 0.333. The molecule has 0 radical (unpaired) electrons. The van der Waals surface area contributed by atoms with E-state index in [0.29, 0.717) is 11.3 Å². The van der Waals surface area contributed by atoms with Crippen LogP contribution in [0.4, 0.5) is 5.69 Å². The van der Waals surface area contributed by atoms with Crippen LogP contribution in [0.25, 0.3) is 0 Å². The average Bonchev–Trinajstić information content (AvgIpc) is 3.31. The molecule has 2 heterocycles. The lowest BCUT2D eigenvalue weighted by Gasteiger charge is -2.25. The van der Waals surface area contributed by atoms with Crippen LogP contribution < -0.4 is 5.32 Å². The number of carbonyl (C=O) groups is 4. The van der Waals surface area contributed by atoms with E-state index in [9.17, 15) is 19.2 Å². The van der Waals surface area contributed by atoms with Crippen LogP contribution in [0.3, 0.4) is 0 Å². The van der Waals surface area contributed by atoms with Crippen LogP contribution in [0.2, 0.25) is 0 Å². The molecular formula is C24H24N2O5. The minimum absolute atomic E-state index is 0.0777. The summed E-state index contributed by atoms with van der Waals surface area (Å²) < 4.78 is 5.24. The summed E-state index contributed by atoms with van der Waals surface area (Å²) in [4.78, 5) is 50.9. The molecule has 7 heteroatoms. The van der Waals surface area contributed by atoms with Gasteiger partial charge in [-0.15, -0.1) is 0 Å². The minimum atomic E-state index is -0.590. The molecule has 0 bridgehead atoms. The number of Topliss-reactive ketones (excluding diaryl/α,β-unsaturated/α-hetero) is 1. The molecule has 0 unspecified atom stereocenters. The lowest BCUT2D eigenvalue weighted by Crippen LogP contribution is -2.30. The summed E-state index contributed by atoms with van der Waals surface area (Å²) in [6, 6.07) is 14.4. The maximum absolute atomic E-state index is 12.5. The first-order valence-corrected chi connectivity index (χ1v) is 10.3. The Morgan fingerprint density at radius 1 is 1.16 bits per heavy atom. The number of nitrogens with one attached hydrogen (secondary N) is 1. The van der Waals surface area contributed by atoms with Crippen LogP contribution in [-0.4, -0.2) is 41.6 Å². The highest BCUT2D eigenvalue weighted by molar-refractivity contribution is 6.05. The summed E-state index contributed by atoms with van der Waals surface area (Å²) in [7, 11) is 0. The van der Waals surface area contributed by atoms with Gasteiger partial charge in [0, 0.05) is 24.2 Å². The van der Waals surface area contributed by atoms with Crippen molar-refractivity contribution in [1.29, 1.82) is 0 Å². The van der Waals surface area contributed by atoms with Gasteiger partial charge in [0.25, 0.3) is 0 Å². The third kappa shape index (κ3) is 4.08.